The monoisotopic (exact) mass is 849 g/mol. The zero-order chi connectivity index (χ0) is 43.2. The Morgan fingerprint density at radius 1 is 0.776 bits per heavy atom. The Hall–Kier alpha value is -5.09. The lowest BCUT2D eigenvalue weighted by Crippen LogP contribution is -2.54. The fraction of sp³-hybridized carbons (Fsp3) is 0.525. The van der Waals surface area contributed by atoms with E-state index in [1.807, 2.05) is 29.2 Å². The van der Waals surface area contributed by atoms with Crippen molar-refractivity contribution in [2.45, 2.75) is 84.5 Å². The summed E-state index contributed by atoms with van der Waals surface area (Å²) in [5.74, 6) is -2.01. The summed E-state index contributed by atoms with van der Waals surface area (Å²) in [7, 11) is 1.22. The molecule has 0 aliphatic carbocycles. The molecule has 1 unspecified atom stereocenters. The predicted octanol–water partition coefficient (Wildman–Crippen LogP) is 4.00. The van der Waals surface area contributed by atoms with E-state index in [2.05, 4.69) is 26.6 Å². The Bertz CT molecular complexity index is 1650. The summed E-state index contributed by atoms with van der Waals surface area (Å²) < 4.78 is 10.3. The van der Waals surface area contributed by atoms with Crippen LogP contribution < -0.4 is 37.2 Å². The van der Waals surface area contributed by atoms with Gasteiger partial charge in [-0.25, -0.2) is 14.4 Å². The first kappa shape index (κ1) is 49.1. The van der Waals surface area contributed by atoms with E-state index in [9.17, 15) is 33.6 Å². The fourth-order valence-corrected chi connectivity index (χ4v) is 6.00. The van der Waals surface area contributed by atoms with Crippen LogP contribution in [0.25, 0.3) is 0 Å². The molecule has 0 radical (unpaired) electrons. The molecule has 2 rings (SSSR count). The SMILES string of the molecule is COC(=O)C(Cc1ccc(N(CCCl)CCCl)cc1)NC(=O)OCc1ccc(NC(=O)[C@H](CCCNC(N)=O)NC(=O)[C@@H](NC(=O)CCC(=O)C(C)C)C(C)C)cc1. The van der Waals surface area contributed by atoms with Gasteiger partial charge in [0, 0.05) is 67.9 Å². The number of nitrogens with zero attached hydrogens (tertiary/aromatic N) is 1. The van der Waals surface area contributed by atoms with Gasteiger partial charge in [0.15, 0.2) is 0 Å². The quantitative estimate of drug-likeness (QED) is 0.0478. The lowest BCUT2D eigenvalue weighted by Gasteiger charge is -2.25. The first-order valence-corrected chi connectivity index (χ1v) is 20.2. The van der Waals surface area contributed by atoms with E-state index in [1.165, 1.54) is 7.11 Å². The van der Waals surface area contributed by atoms with Crippen LogP contribution in [0.1, 0.15) is 64.5 Å². The van der Waals surface area contributed by atoms with E-state index >= 15 is 0 Å². The molecule has 0 saturated carbocycles. The molecule has 16 nitrogen and oxygen atoms in total. The number of amides is 6. The second kappa shape index (κ2) is 26.0. The van der Waals surface area contributed by atoms with Crippen molar-refractivity contribution in [3.05, 3.63) is 59.7 Å². The molecule has 58 heavy (non-hydrogen) atoms. The van der Waals surface area contributed by atoms with Crippen LogP contribution in [0.4, 0.5) is 21.0 Å². The van der Waals surface area contributed by atoms with Crippen molar-refractivity contribution in [1.29, 1.82) is 0 Å². The standard InChI is InChI=1S/C40H57Cl2N7O9/c1-25(2)33(50)16-17-34(51)48-35(26(3)4)37(53)46-31(7-6-20-44-39(43)55)36(52)45-29-12-8-28(9-13-29)24-58-40(56)47-32(38(54)57-5)23-27-10-14-30(15-11-27)49(21-18-41)22-19-42/h8-15,25-26,31-32,35H,6-7,16-24H2,1-5H3,(H,45,52)(H,46,53)(H,47,56)(H,48,51)(H3,43,44,55)/t31-,32?,35-/m0/s1. The maximum Gasteiger partial charge on any atom is 0.408 e. The molecule has 2 aromatic rings. The minimum absolute atomic E-state index is 0.0453. The van der Waals surface area contributed by atoms with Gasteiger partial charge < -0.3 is 46.7 Å². The van der Waals surface area contributed by atoms with Crippen LogP contribution in [0, 0.1) is 11.8 Å². The Morgan fingerprint density at radius 3 is 1.95 bits per heavy atom. The molecular weight excluding hydrogens is 793 g/mol. The molecule has 2 aromatic carbocycles. The van der Waals surface area contributed by atoms with Crippen LogP contribution in [-0.2, 0) is 46.5 Å². The average molecular weight is 851 g/mol. The van der Waals surface area contributed by atoms with Gasteiger partial charge in [0.25, 0.3) is 0 Å². The number of benzene rings is 2. The van der Waals surface area contributed by atoms with Crippen LogP contribution in [-0.4, -0.2) is 98.2 Å². The molecular formula is C40H57Cl2N7O9. The molecule has 6 amide bonds. The maximum absolute atomic E-state index is 13.5. The third kappa shape index (κ3) is 18.0. The summed E-state index contributed by atoms with van der Waals surface area (Å²) in [6, 6.07) is 10.1. The van der Waals surface area contributed by atoms with Gasteiger partial charge in [-0.15, -0.1) is 23.2 Å². The Morgan fingerprint density at radius 2 is 1.40 bits per heavy atom. The third-order valence-electron chi connectivity index (χ3n) is 8.93. The number of nitrogens with one attached hydrogen (secondary N) is 5. The molecule has 0 fully saturated rings. The number of anilines is 2. The van der Waals surface area contributed by atoms with Gasteiger partial charge >= 0.3 is 18.1 Å². The number of hydrogen-bond donors (Lipinski definition) is 6. The molecule has 0 aromatic heterocycles. The van der Waals surface area contributed by atoms with Gasteiger partial charge in [-0.2, -0.15) is 0 Å². The van der Waals surface area contributed by atoms with Gasteiger partial charge in [0.05, 0.1) is 7.11 Å². The maximum atomic E-state index is 13.5. The number of alkyl carbamates (subject to hydrolysis) is 1. The topological polar surface area (TPSA) is 227 Å². The van der Waals surface area contributed by atoms with E-state index in [-0.39, 0.29) is 56.5 Å². The number of urea groups is 1. The van der Waals surface area contributed by atoms with E-state index in [0.29, 0.717) is 42.5 Å². The van der Waals surface area contributed by atoms with Crippen LogP contribution in [0.5, 0.6) is 0 Å². The first-order valence-electron chi connectivity index (χ1n) is 19.1. The van der Waals surface area contributed by atoms with E-state index in [1.54, 1.807) is 52.0 Å². The second-order valence-corrected chi connectivity index (χ2v) is 14.9. The van der Waals surface area contributed by atoms with Crippen molar-refractivity contribution in [3.63, 3.8) is 0 Å². The Balaban J connectivity index is 2.04. The van der Waals surface area contributed by atoms with Crippen molar-refractivity contribution in [2.24, 2.45) is 17.6 Å². The van der Waals surface area contributed by atoms with Crippen LogP contribution in [0.3, 0.4) is 0 Å². The van der Waals surface area contributed by atoms with Gasteiger partial charge in [-0.3, -0.25) is 19.2 Å². The van der Waals surface area contributed by atoms with Crippen LogP contribution in [0.15, 0.2) is 48.5 Å². The average Bonchev–Trinajstić information content (AvgIpc) is 3.19. The summed E-state index contributed by atoms with van der Waals surface area (Å²) in [6.45, 7) is 8.22. The molecule has 7 N–H and O–H groups in total. The summed E-state index contributed by atoms with van der Waals surface area (Å²) in [5.41, 5.74) is 7.80. The zero-order valence-corrected chi connectivity index (χ0v) is 35.3. The number of halogens is 2. The zero-order valence-electron chi connectivity index (χ0n) is 33.7. The number of methoxy groups -OCH3 is 1. The predicted molar refractivity (Wildman–Crippen MR) is 223 cm³/mol. The molecule has 3 atom stereocenters. The number of nitrogens with two attached hydrogens (primary N) is 1. The van der Waals surface area contributed by atoms with Gasteiger partial charge in [0.2, 0.25) is 17.7 Å². The molecule has 320 valence electrons. The number of esters is 1. The number of alkyl halides is 2. The fourth-order valence-electron chi connectivity index (χ4n) is 5.59. The highest BCUT2D eigenvalue weighted by Crippen LogP contribution is 2.18. The highest BCUT2D eigenvalue weighted by molar-refractivity contribution is 6.18. The number of carbonyl (C=O) groups is 7. The van der Waals surface area contributed by atoms with Crippen molar-refractivity contribution < 1.29 is 43.0 Å². The summed E-state index contributed by atoms with van der Waals surface area (Å²) in [5, 5.41) is 13.1. The molecule has 0 aliphatic heterocycles. The van der Waals surface area contributed by atoms with E-state index in [0.717, 1.165) is 11.3 Å². The summed E-state index contributed by atoms with van der Waals surface area (Å²) >= 11 is 11.8. The van der Waals surface area contributed by atoms with Crippen molar-refractivity contribution in [3.8, 4) is 0 Å². The number of rotatable bonds is 25. The lowest BCUT2D eigenvalue weighted by molar-refractivity contribution is -0.143. The van der Waals surface area contributed by atoms with E-state index in [4.69, 9.17) is 38.4 Å². The third-order valence-corrected chi connectivity index (χ3v) is 9.27. The van der Waals surface area contributed by atoms with Crippen LogP contribution >= 0.6 is 23.2 Å². The second-order valence-electron chi connectivity index (χ2n) is 14.1. The number of primary amides is 1. The summed E-state index contributed by atoms with van der Waals surface area (Å²) in [4.78, 5) is 90.0. The highest BCUT2D eigenvalue weighted by Gasteiger charge is 2.29. The molecule has 0 bridgehead atoms. The molecule has 0 spiro atoms. The van der Waals surface area contributed by atoms with Crippen molar-refractivity contribution >= 4 is 76.2 Å². The molecule has 18 heteroatoms. The lowest BCUT2D eigenvalue weighted by atomic mass is 10.0. The van der Waals surface area contributed by atoms with Gasteiger partial charge in [-0.05, 0) is 54.2 Å². The number of ether oxygens (including phenoxy) is 2. The smallest absolute Gasteiger partial charge is 0.408 e. The summed E-state index contributed by atoms with van der Waals surface area (Å²) in [6.07, 6.45) is -0.302. The van der Waals surface area contributed by atoms with Crippen LogP contribution in [0.2, 0.25) is 0 Å². The number of ketones is 1. The minimum Gasteiger partial charge on any atom is -0.467 e. The number of carbonyl (C=O) groups excluding carboxylic acids is 7. The van der Waals surface area contributed by atoms with Crippen molar-refractivity contribution in [1.82, 2.24) is 21.3 Å². The molecule has 0 heterocycles. The number of Topliss-reactive ketones (excluding diaryl/α,β-unsaturated/α-hetero) is 1. The highest BCUT2D eigenvalue weighted by atomic mass is 35.5. The number of hydrogen-bond acceptors (Lipinski definition) is 10. The van der Waals surface area contributed by atoms with E-state index < -0.39 is 53.9 Å². The Labute approximate surface area is 350 Å². The van der Waals surface area contributed by atoms with Gasteiger partial charge in [-0.1, -0.05) is 52.0 Å². The largest absolute Gasteiger partial charge is 0.467 e. The molecule has 0 aliphatic rings. The molecule has 0 saturated heterocycles. The minimum atomic E-state index is -1.06. The normalized spacial score (nSPS) is 12.4. The van der Waals surface area contributed by atoms with Crippen molar-refractivity contribution in [2.75, 3.05) is 48.7 Å². The van der Waals surface area contributed by atoms with Gasteiger partial charge in [0.1, 0.15) is 30.5 Å². The Kier molecular flexibility index (Phi) is 22.0. The first-order chi connectivity index (χ1) is 27.6.